The second-order valence-corrected chi connectivity index (χ2v) is 8.18. The van der Waals surface area contributed by atoms with E-state index in [1.807, 2.05) is 54.6 Å². The lowest BCUT2D eigenvalue weighted by Crippen LogP contribution is -2.18. The number of rotatable bonds is 6. The van der Waals surface area contributed by atoms with Gasteiger partial charge >= 0.3 is 5.97 Å². The molecule has 4 aromatic rings. The lowest BCUT2D eigenvalue weighted by molar-refractivity contribution is -0.128. The first-order valence-corrected chi connectivity index (χ1v) is 11.1. The molecule has 6 nitrogen and oxygen atoms in total. The highest BCUT2D eigenvalue weighted by molar-refractivity contribution is 9.10. The molecule has 0 atom stereocenters. The Morgan fingerprint density at radius 3 is 2.38 bits per heavy atom. The molecule has 0 aliphatic rings. The highest BCUT2D eigenvalue weighted by atomic mass is 79.9. The summed E-state index contributed by atoms with van der Waals surface area (Å²) in [6, 6.07) is 25.0. The van der Waals surface area contributed by atoms with Crippen molar-refractivity contribution in [1.82, 2.24) is 5.43 Å². The van der Waals surface area contributed by atoms with E-state index in [1.165, 1.54) is 18.4 Å². The summed E-state index contributed by atoms with van der Waals surface area (Å²) in [6.07, 6.45) is 4.36. The first-order chi connectivity index (χ1) is 16.5. The lowest BCUT2D eigenvalue weighted by atomic mass is 10.1. The number of phenolic OH excluding ortho intramolecular Hbond substituents is 1. The molecule has 0 radical (unpaired) electrons. The molecule has 0 bridgehead atoms. The van der Waals surface area contributed by atoms with Gasteiger partial charge in [-0.05, 0) is 52.7 Å². The second-order valence-electron chi connectivity index (χ2n) is 7.26. The number of carbonyl (C=O) groups is 2. The van der Waals surface area contributed by atoms with Crippen LogP contribution in [0.5, 0.6) is 11.5 Å². The number of hydrazone groups is 1. The van der Waals surface area contributed by atoms with Gasteiger partial charge in [-0.3, -0.25) is 4.79 Å². The molecule has 0 saturated carbocycles. The fourth-order valence-electron chi connectivity index (χ4n) is 3.21. The van der Waals surface area contributed by atoms with Crippen molar-refractivity contribution in [2.45, 2.75) is 0 Å². The summed E-state index contributed by atoms with van der Waals surface area (Å²) >= 11 is 3.38. The number of ether oxygens (including phenoxy) is 1. The van der Waals surface area contributed by atoms with E-state index in [9.17, 15) is 14.7 Å². The van der Waals surface area contributed by atoms with Crippen molar-refractivity contribution >= 4 is 50.9 Å². The molecule has 2 N–H and O–H groups in total. The van der Waals surface area contributed by atoms with Crippen LogP contribution >= 0.6 is 15.9 Å². The molecule has 0 unspecified atom stereocenters. The zero-order chi connectivity index (χ0) is 23.9. The number of aromatic hydroxyl groups is 1. The van der Waals surface area contributed by atoms with E-state index in [1.54, 1.807) is 30.3 Å². The van der Waals surface area contributed by atoms with Gasteiger partial charge in [0.1, 0.15) is 11.5 Å². The van der Waals surface area contributed by atoms with Gasteiger partial charge in [0, 0.05) is 16.1 Å². The zero-order valence-electron chi connectivity index (χ0n) is 17.8. The summed E-state index contributed by atoms with van der Waals surface area (Å²) in [4.78, 5) is 24.8. The predicted molar refractivity (Wildman–Crippen MR) is 136 cm³/mol. The summed E-state index contributed by atoms with van der Waals surface area (Å²) in [5.41, 5.74) is 3.84. The number of amides is 1. The second kappa shape index (κ2) is 10.6. The number of benzene rings is 4. The van der Waals surface area contributed by atoms with Crippen LogP contribution in [0.15, 0.2) is 101 Å². The first kappa shape index (κ1) is 22.9. The third kappa shape index (κ3) is 5.76. The van der Waals surface area contributed by atoms with Crippen LogP contribution in [0.3, 0.4) is 0 Å². The first-order valence-electron chi connectivity index (χ1n) is 10.3. The average molecular weight is 515 g/mol. The van der Waals surface area contributed by atoms with Crippen molar-refractivity contribution in [2.24, 2.45) is 5.10 Å². The molecule has 0 heterocycles. The van der Waals surface area contributed by atoms with Crippen molar-refractivity contribution in [3.8, 4) is 11.5 Å². The van der Waals surface area contributed by atoms with Crippen molar-refractivity contribution < 1.29 is 19.4 Å². The molecule has 34 heavy (non-hydrogen) atoms. The van der Waals surface area contributed by atoms with Crippen LogP contribution in [-0.2, 0) is 4.79 Å². The summed E-state index contributed by atoms with van der Waals surface area (Å²) in [7, 11) is 0. The SMILES string of the molecule is O=C(C=Cc1ccccc1)Oc1ccc(Br)cc1C=NNC(=O)c1cc2ccccc2cc1O. The Balaban J connectivity index is 1.47. The van der Waals surface area contributed by atoms with Crippen LogP contribution < -0.4 is 10.2 Å². The largest absolute Gasteiger partial charge is 0.507 e. The molecule has 4 aromatic carbocycles. The van der Waals surface area contributed by atoms with Crippen molar-refractivity contribution in [2.75, 3.05) is 0 Å². The number of nitrogens with zero attached hydrogens (tertiary/aromatic N) is 1. The molecule has 0 aliphatic heterocycles. The fourth-order valence-corrected chi connectivity index (χ4v) is 3.59. The van der Waals surface area contributed by atoms with E-state index >= 15 is 0 Å². The van der Waals surface area contributed by atoms with E-state index in [4.69, 9.17) is 4.74 Å². The Morgan fingerprint density at radius 2 is 1.62 bits per heavy atom. The maximum atomic E-state index is 12.6. The number of esters is 1. The molecule has 4 rings (SSSR count). The van der Waals surface area contributed by atoms with E-state index in [0.29, 0.717) is 5.56 Å². The topological polar surface area (TPSA) is 88.0 Å². The minimum absolute atomic E-state index is 0.0998. The van der Waals surface area contributed by atoms with Gasteiger partial charge < -0.3 is 9.84 Å². The van der Waals surface area contributed by atoms with Crippen molar-refractivity contribution in [3.05, 3.63) is 112 Å². The molecule has 0 aromatic heterocycles. The Kier molecular flexibility index (Phi) is 7.15. The van der Waals surface area contributed by atoms with Gasteiger partial charge in [-0.25, -0.2) is 10.2 Å². The number of halogens is 1. The van der Waals surface area contributed by atoms with Gasteiger partial charge in [-0.15, -0.1) is 0 Å². The molecule has 0 fully saturated rings. The van der Waals surface area contributed by atoms with Crippen molar-refractivity contribution in [3.63, 3.8) is 0 Å². The van der Waals surface area contributed by atoms with E-state index in [2.05, 4.69) is 26.5 Å². The van der Waals surface area contributed by atoms with Crippen LogP contribution in [0.1, 0.15) is 21.5 Å². The number of carbonyl (C=O) groups excluding carboxylic acids is 2. The molecule has 168 valence electrons. The normalized spacial score (nSPS) is 11.2. The third-order valence-electron chi connectivity index (χ3n) is 4.87. The van der Waals surface area contributed by atoms with Gasteiger partial charge in [0.2, 0.25) is 0 Å². The number of nitrogens with one attached hydrogen (secondary N) is 1. The molecule has 0 spiro atoms. The lowest BCUT2D eigenvalue weighted by Gasteiger charge is -2.07. The number of fused-ring (bicyclic) bond motifs is 1. The van der Waals surface area contributed by atoms with Gasteiger partial charge in [-0.2, -0.15) is 5.10 Å². The van der Waals surface area contributed by atoms with E-state index in [0.717, 1.165) is 20.8 Å². The summed E-state index contributed by atoms with van der Waals surface area (Å²) in [5, 5.41) is 15.8. The van der Waals surface area contributed by atoms with E-state index < -0.39 is 11.9 Å². The Labute approximate surface area is 204 Å². The highest BCUT2D eigenvalue weighted by Crippen LogP contribution is 2.25. The fraction of sp³-hybridized carbons (Fsp3) is 0. The minimum atomic E-state index is -0.571. The molecular formula is C27H19BrN2O4. The Bertz CT molecular complexity index is 1420. The molecule has 0 saturated heterocycles. The third-order valence-corrected chi connectivity index (χ3v) is 5.37. The molecule has 0 aliphatic carbocycles. The van der Waals surface area contributed by atoms with Gasteiger partial charge in [-0.1, -0.05) is 70.5 Å². The van der Waals surface area contributed by atoms with Crippen LogP contribution in [0.4, 0.5) is 0 Å². The summed E-state index contributed by atoms with van der Waals surface area (Å²) in [5.74, 6) is -0.990. The maximum absolute atomic E-state index is 12.6. The number of hydrogen-bond donors (Lipinski definition) is 2. The number of phenols is 1. The van der Waals surface area contributed by atoms with Gasteiger partial charge in [0.15, 0.2) is 0 Å². The maximum Gasteiger partial charge on any atom is 0.336 e. The predicted octanol–water partition coefficient (Wildman–Crippen LogP) is 5.69. The zero-order valence-corrected chi connectivity index (χ0v) is 19.4. The van der Waals surface area contributed by atoms with E-state index in [-0.39, 0.29) is 17.1 Å². The quantitative estimate of drug-likeness (QED) is 0.114. The smallest absolute Gasteiger partial charge is 0.336 e. The summed E-state index contributed by atoms with van der Waals surface area (Å²) in [6.45, 7) is 0. The molecular weight excluding hydrogens is 496 g/mol. The van der Waals surface area contributed by atoms with Gasteiger partial charge in [0.25, 0.3) is 5.91 Å². The Morgan fingerprint density at radius 1 is 0.912 bits per heavy atom. The average Bonchev–Trinajstić information content (AvgIpc) is 2.84. The monoisotopic (exact) mass is 514 g/mol. The highest BCUT2D eigenvalue weighted by Gasteiger charge is 2.12. The van der Waals surface area contributed by atoms with Crippen LogP contribution in [0, 0.1) is 0 Å². The standard InChI is InChI=1S/C27H19BrN2O4/c28-22-11-12-25(34-26(32)13-10-18-6-2-1-3-7-18)21(14-22)17-29-30-27(33)23-15-19-8-4-5-9-20(19)16-24(23)31/h1-17,31H,(H,30,33). The van der Waals surface area contributed by atoms with Crippen LogP contribution in [-0.4, -0.2) is 23.2 Å². The molecule has 7 heteroatoms. The van der Waals surface area contributed by atoms with Gasteiger partial charge in [0.05, 0.1) is 11.8 Å². The van der Waals surface area contributed by atoms with Crippen molar-refractivity contribution in [1.29, 1.82) is 0 Å². The number of hydrogen-bond acceptors (Lipinski definition) is 5. The summed E-state index contributed by atoms with van der Waals surface area (Å²) < 4.78 is 6.18. The minimum Gasteiger partial charge on any atom is -0.507 e. The van der Waals surface area contributed by atoms with Crippen LogP contribution in [0.25, 0.3) is 16.8 Å². The molecule has 1 amide bonds. The van der Waals surface area contributed by atoms with Crippen LogP contribution in [0.2, 0.25) is 0 Å². The Hall–Kier alpha value is -4.23.